The van der Waals surface area contributed by atoms with Gasteiger partial charge in [0.2, 0.25) is 0 Å². The van der Waals surface area contributed by atoms with Gasteiger partial charge in [-0.1, -0.05) is 146 Å². The number of hydrogen-bond acceptors (Lipinski definition) is 5. The van der Waals surface area contributed by atoms with Crippen molar-refractivity contribution < 1.29 is 4.42 Å². The molecule has 0 unspecified atom stereocenters. The van der Waals surface area contributed by atoms with Gasteiger partial charge in [-0.2, -0.15) is 0 Å². The van der Waals surface area contributed by atoms with Crippen molar-refractivity contribution in [3.8, 4) is 56.2 Å². The van der Waals surface area contributed by atoms with Crippen LogP contribution in [0.2, 0.25) is 0 Å². The summed E-state index contributed by atoms with van der Waals surface area (Å²) in [5, 5.41) is 8.33. The van der Waals surface area contributed by atoms with Crippen molar-refractivity contribution in [2.24, 2.45) is 0 Å². The Morgan fingerprint density at radius 1 is 0.441 bits per heavy atom. The van der Waals surface area contributed by atoms with Gasteiger partial charge < -0.3 is 4.42 Å². The van der Waals surface area contributed by atoms with Crippen molar-refractivity contribution in [1.82, 2.24) is 15.0 Å². The van der Waals surface area contributed by atoms with Crippen LogP contribution in [0.1, 0.15) is 5.69 Å². The number of rotatable bonds is 5. The fraction of sp³-hybridized carbons (Fsp3) is 0.0185. The number of aromatic nitrogens is 3. The minimum Gasteiger partial charge on any atom is -0.455 e. The Morgan fingerprint density at radius 2 is 1.12 bits per heavy atom. The molecule has 0 saturated heterocycles. The van der Waals surface area contributed by atoms with Crippen LogP contribution in [0.4, 0.5) is 0 Å². The van der Waals surface area contributed by atoms with Gasteiger partial charge in [0.15, 0.2) is 5.82 Å². The first-order valence-electron chi connectivity index (χ1n) is 19.8. The van der Waals surface area contributed by atoms with E-state index in [2.05, 4.69) is 146 Å². The molecule has 0 aliphatic heterocycles. The van der Waals surface area contributed by atoms with Crippen LogP contribution in [0, 0.1) is 6.92 Å². The molecule has 0 bridgehead atoms. The van der Waals surface area contributed by atoms with E-state index in [1.165, 1.54) is 47.5 Å². The maximum absolute atomic E-state index is 6.62. The molecule has 0 atom stereocenters. The predicted octanol–water partition coefficient (Wildman–Crippen LogP) is 15.1. The van der Waals surface area contributed by atoms with Gasteiger partial charge >= 0.3 is 0 Å². The summed E-state index contributed by atoms with van der Waals surface area (Å²) < 4.78 is 9.18. The quantitative estimate of drug-likeness (QED) is 0.164. The highest BCUT2D eigenvalue weighted by molar-refractivity contribution is 7.26. The third kappa shape index (κ3) is 5.47. The van der Waals surface area contributed by atoms with Gasteiger partial charge in [-0.3, -0.25) is 0 Å². The lowest BCUT2D eigenvalue weighted by Crippen LogP contribution is -1.94. The van der Waals surface area contributed by atoms with E-state index in [-0.39, 0.29) is 0 Å². The monoisotopic (exact) mass is 771 g/mol. The van der Waals surface area contributed by atoms with Crippen molar-refractivity contribution >= 4 is 75.1 Å². The second-order valence-corrected chi connectivity index (χ2v) is 16.2. The normalized spacial score (nSPS) is 11.8. The second-order valence-electron chi connectivity index (χ2n) is 15.1. The molecule has 0 amide bonds. The number of hydrogen-bond donors (Lipinski definition) is 0. The molecule has 0 aliphatic rings. The van der Waals surface area contributed by atoms with Crippen molar-refractivity contribution in [1.29, 1.82) is 0 Å². The van der Waals surface area contributed by atoms with E-state index in [1.807, 2.05) is 54.7 Å². The molecule has 12 rings (SSSR count). The molecule has 8 aromatic carbocycles. The smallest absolute Gasteiger partial charge is 0.160 e. The molecule has 4 nitrogen and oxygen atoms in total. The van der Waals surface area contributed by atoms with Crippen LogP contribution in [0.3, 0.4) is 0 Å². The maximum atomic E-state index is 6.62. The molecule has 0 spiro atoms. The van der Waals surface area contributed by atoms with Crippen LogP contribution in [0.5, 0.6) is 0 Å². The first kappa shape index (κ1) is 33.6. The lowest BCUT2D eigenvalue weighted by atomic mass is 9.95. The van der Waals surface area contributed by atoms with E-state index in [0.29, 0.717) is 0 Å². The molecule has 59 heavy (non-hydrogen) atoms. The molecule has 0 aliphatic carbocycles. The Kier molecular flexibility index (Phi) is 7.59. The fourth-order valence-corrected chi connectivity index (χ4v) is 10.1. The Bertz CT molecular complexity index is 3610. The summed E-state index contributed by atoms with van der Waals surface area (Å²) in [5.41, 5.74) is 13.3. The minimum absolute atomic E-state index is 0.726. The lowest BCUT2D eigenvalue weighted by molar-refractivity contribution is 0.670. The van der Waals surface area contributed by atoms with Crippen molar-refractivity contribution in [3.05, 3.63) is 188 Å². The van der Waals surface area contributed by atoms with E-state index >= 15 is 0 Å². The molecule has 4 aromatic heterocycles. The molecule has 276 valence electrons. The highest BCUT2D eigenvalue weighted by Gasteiger charge is 2.19. The zero-order valence-corrected chi connectivity index (χ0v) is 32.8. The number of para-hydroxylation sites is 2. The number of thiophene rings is 1. The number of nitrogens with zero attached hydrogens (tertiary/aromatic N) is 3. The van der Waals surface area contributed by atoms with Gasteiger partial charge in [-0.25, -0.2) is 15.0 Å². The summed E-state index contributed by atoms with van der Waals surface area (Å²) in [6.45, 7) is 2.02. The number of fused-ring (bicyclic) bond motifs is 10. The standard InChI is InChI=1S/C54H33N3OS/c1-32-30-46(57-54(55-32)36-14-6-3-7-15-36)37-26-28-47-44(31-37)40-19-10-17-38(52(40)58-47)33-22-24-34(25-23-33)39-18-11-20-43-50-48(59-53(39)43)29-27-42-49(50)41-16-8-9-21-45(41)56-51(42)35-12-4-2-5-13-35/h2-31H,1H3. The van der Waals surface area contributed by atoms with E-state index in [1.54, 1.807) is 0 Å². The van der Waals surface area contributed by atoms with E-state index in [9.17, 15) is 0 Å². The third-order valence-electron chi connectivity index (χ3n) is 11.6. The maximum Gasteiger partial charge on any atom is 0.160 e. The van der Waals surface area contributed by atoms with Crippen LogP contribution in [0.25, 0.3) is 120 Å². The van der Waals surface area contributed by atoms with E-state index in [0.717, 1.165) is 78.2 Å². The number of benzene rings is 8. The summed E-state index contributed by atoms with van der Waals surface area (Å²) in [5.74, 6) is 0.726. The zero-order chi connectivity index (χ0) is 39.0. The van der Waals surface area contributed by atoms with Gasteiger partial charge in [0.1, 0.15) is 11.2 Å². The van der Waals surface area contributed by atoms with E-state index < -0.39 is 0 Å². The SMILES string of the molecule is Cc1cc(-c2ccc3oc4c(-c5ccc(-c6cccc7c6sc6ccc8c(-c9ccccc9)nc9ccccc9c8c67)cc5)cccc4c3c2)nc(-c2ccccc2)n1. The third-order valence-corrected chi connectivity index (χ3v) is 12.8. The summed E-state index contributed by atoms with van der Waals surface area (Å²) in [6, 6.07) is 64.3. The largest absolute Gasteiger partial charge is 0.455 e. The van der Waals surface area contributed by atoms with Crippen molar-refractivity contribution in [2.75, 3.05) is 0 Å². The summed E-state index contributed by atoms with van der Waals surface area (Å²) in [4.78, 5) is 14.9. The van der Waals surface area contributed by atoms with Gasteiger partial charge in [0.25, 0.3) is 0 Å². The molecule has 0 radical (unpaired) electrons. The van der Waals surface area contributed by atoms with Crippen LogP contribution in [0.15, 0.2) is 186 Å². The molecule has 4 heterocycles. The van der Waals surface area contributed by atoms with Gasteiger partial charge in [-0.05, 0) is 60.0 Å². The molecule has 12 aromatic rings. The highest BCUT2D eigenvalue weighted by atomic mass is 32.1. The summed E-state index contributed by atoms with van der Waals surface area (Å²) in [6.07, 6.45) is 0. The van der Waals surface area contributed by atoms with Crippen LogP contribution in [-0.2, 0) is 0 Å². The molecular weight excluding hydrogens is 739 g/mol. The summed E-state index contributed by atoms with van der Waals surface area (Å²) in [7, 11) is 0. The van der Waals surface area contributed by atoms with Gasteiger partial charge in [0, 0.05) is 75.1 Å². The average Bonchev–Trinajstić information content (AvgIpc) is 3.88. The van der Waals surface area contributed by atoms with Crippen LogP contribution >= 0.6 is 11.3 Å². The van der Waals surface area contributed by atoms with Crippen molar-refractivity contribution in [2.45, 2.75) is 6.92 Å². The number of furan rings is 1. The average molecular weight is 772 g/mol. The molecule has 0 N–H and O–H groups in total. The van der Waals surface area contributed by atoms with Crippen LogP contribution < -0.4 is 0 Å². The molecule has 5 heteroatoms. The lowest BCUT2D eigenvalue weighted by Gasteiger charge is -2.11. The van der Waals surface area contributed by atoms with Crippen molar-refractivity contribution in [3.63, 3.8) is 0 Å². The predicted molar refractivity (Wildman–Crippen MR) is 247 cm³/mol. The Labute approximate surface area is 343 Å². The minimum atomic E-state index is 0.726. The van der Waals surface area contributed by atoms with E-state index in [4.69, 9.17) is 19.4 Å². The second kappa shape index (κ2) is 13.3. The Hall–Kier alpha value is -7.47. The highest BCUT2D eigenvalue weighted by Crippen LogP contribution is 2.46. The topological polar surface area (TPSA) is 51.8 Å². The van der Waals surface area contributed by atoms with Gasteiger partial charge in [-0.15, -0.1) is 11.3 Å². The summed E-state index contributed by atoms with van der Waals surface area (Å²) >= 11 is 1.87. The fourth-order valence-electron chi connectivity index (χ4n) is 8.82. The first-order chi connectivity index (χ1) is 29.1. The number of aryl methyl sites for hydroxylation is 1. The molecular formula is C54H33N3OS. The van der Waals surface area contributed by atoms with Gasteiger partial charge in [0.05, 0.1) is 16.9 Å². The molecule has 0 fully saturated rings. The van der Waals surface area contributed by atoms with Crippen LogP contribution in [-0.4, -0.2) is 15.0 Å². The molecule has 0 saturated carbocycles. The first-order valence-corrected chi connectivity index (χ1v) is 20.7. The number of pyridine rings is 1. The Morgan fingerprint density at radius 3 is 1.93 bits per heavy atom. The zero-order valence-electron chi connectivity index (χ0n) is 32.0. The Balaban J connectivity index is 0.949.